The number of ketones is 2. The van der Waals surface area contributed by atoms with Gasteiger partial charge >= 0.3 is 5.97 Å². The topological polar surface area (TPSA) is 96.8 Å². The van der Waals surface area contributed by atoms with Gasteiger partial charge in [0.05, 0.1) is 12.5 Å². The van der Waals surface area contributed by atoms with E-state index in [4.69, 9.17) is 9.47 Å². The Kier molecular flexibility index (Phi) is 8.86. The second-order valence-corrected chi connectivity index (χ2v) is 16.6. The third-order valence-electron chi connectivity index (χ3n) is 12.7. The minimum absolute atomic E-state index is 0.0193. The van der Waals surface area contributed by atoms with Crippen molar-refractivity contribution in [3.63, 3.8) is 0 Å². The van der Waals surface area contributed by atoms with E-state index in [0.717, 1.165) is 44.9 Å². The summed E-state index contributed by atoms with van der Waals surface area (Å²) in [5.74, 6) is -0.189. The molecule has 0 N–H and O–H groups in total. The van der Waals surface area contributed by atoms with E-state index in [1.165, 1.54) is 7.11 Å². The summed E-state index contributed by atoms with van der Waals surface area (Å²) in [6.45, 7) is 23.5. The van der Waals surface area contributed by atoms with Gasteiger partial charge in [0.25, 0.3) is 0 Å². The SMILES string of the molecule is CCCC(C)(C)CC[C@@](C)(CCC(C)(C)[C@]1(C)CC[C@H]2C(C)(C)C(=O)[C@]3(C#N)O[C@@H]3[C@]2(C)[C@H]1CC(C)=O)C(=O)OC. The molecule has 0 bridgehead atoms. The van der Waals surface area contributed by atoms with E-state index < -0.39 is 27.9 Å². The Morgan fingerprint density at radius 1 is 1.02 bits per heavy atom. The molecule has 41 heavy (non-hydrogen) atoms. The van der Waals surface area contributed by atoms with Crippen molar-refractivity contribution in [2.75, 3.05) is 7.11 Å². The van der Waals surface area contributed by atoms with Crippen LogP contribution in [0, 0.1) is 55.7 Å². The molecule has 1 heterocycles. The van der Waals surface area contributed by atoms with Crippen LogP contribution >= 0.6 is 0 Å². The highest BCUT2D eigenvalue weighted by Crippen LogP contribution is 2.74. The van der Waals surface area contributed by atoms with Crippen molar-refractivity contribution in [3.05, 3.63) is 0 Å². The fourth-order valence-electron chi connectivity index (χ4n) is 9.43. The Labute approximate surface area is 249 Å². The molecule has 0 aromatic carbocycles. The first-order chi connectivity index (χ1) is 18.6. The molecule has 232 valence electrons. The molecule has 0 spiro atoms. The second kappa shape index (κ2) is 10.8. The summed E-state index contributed by atoms with van der Waals surface area (Å²) in [5, 5.41) is 10.1. The summed E-state index contributed by atoms with van der Waals surface area (Å²) in [7, 11) is 1.48. The largest absolute Gasteiger partial charge is 0.469 e. The number of nitriles is 1. The molecule has 1 aliphatic heterocycles. The van der Waals surface area contributed by atoms with Gasteiger partial charge in [-0.05, 0) is 86.9 Å². The number of Topliss-reactive ketones (excluding diaryl/α,β-unsaturated/α-hetero) is 2. The summed E-state index contributed by atoms with van der Waals surface area (Å²) < 4.78 is 11.5. The predicted molar refractivity (Wildman–Crippen MR) is 161 cm³/mol. The molecular formula is C35H57NO5. The first kappa shape index (κ1) is 33.8. The Bertz CT molecular complexity index is 1100. The highest BCUT2D eigenvalue weighted by Gasteiger charge is 2.82. The predicted octanol–water partition coefficient (Wildman–Crippen LogP) is 7.87. The van der Waals surface area contributed by atoms with Crippen LogP contribution in [0.3, 0.4) is 0 Å². The van der Waals surface area contributed by atoms with Crippen molar-refractivity contribution in [1.82, 2.24) is 0 Å². The van der Waals surface area contributed by atoms with E-state index in [2.05, 4.69) is 61.5 Å². The van der Waals surface area contributed by atoms with E-state index >= 15 is 0 Å². The number of hydrogen-bond acceptors (Lipinski definition) is 6. The molecule has 2 aliphatic carbocycles. The highest BCUT2D eigenvalue weighted by atomic mass is 16.6. The Balaban J connectivity index is 1.98. The summed E-state index contributed by atoms with van der Waals surface area (Å²) in [4.78, 5) is 39.6. The van der Waals surface area contributed by atoms with Crippen LogP contribution in [-0.4, -0.2) is 36.4 Å². The van der Waals surface area contributed by atoms with Crippen LogP contribution in [-0.2, 0) is 23.9 Å². The van der Waals surface area contributed by atoms with Crippen LogP contribution in [0.2, 0.25) is 0 Å². The van der Waals surface area contributed by atoms with Crippen LogP contribution in [0.25, 0.3) is 0 Å². The molecule has 3 aliphatic rings. The van der Waals surface area contributed by atoms with Crippen LogP contribution in [0.15, 0.2) is 0 Å². The lowest BCUT2D eigenvalue weighted by molar-refractivity contribution is -0.177. The first-order valence-electron chi connectivity index (χ1n) is 15.9. The van der Waals surface area contributed by atoms with Gasteiger partial charge in [0.15, 0.2) is 5.78 Å². The quantitative estimate of drug-likeness (QED) is 0.175. The van der Waals surface area contributed by atoms with E-state index in [1.54, 1.807) is 6.92 Å². The van der Waals surface area contributed by atoms with E-state index in [-0.39, 0.29) is 45.6 Å². The van der Waals surface area contributed by atoms with Crippen molar-refractivity contribution in [3.8, 4) is 6.07 Å². The molecule has 2 saturated carbocycles. The minimum atomic E-state index is -1.40. The van der Waals surface area contributed by atoms with Crippen LogP contribution in [0.1, 0.15) is 134 Å². The van der Waals surface area contributed by atoms with Gasteiger partial charge in [-0.1, -0.05) is 68.7 Å². The standard InChI is InChI=1S/C35H57NO5/c1-13-15-29(3,4)17-19-32(9,28(39)40-12)20-18-30(5,6)33(10)16-14-24-31(7,8)26(38)35(22-36)27(41-35)34(24,11)25(33)21-23(2)37/h24-25,27H,13-21H2,1-12H3/t24-,25-,27+,32-,33+,34-,35-/m0/s1. The van der Waals surface area contributed by atoms with Gasteiger partial charge in [-0.15, -0.1) is 0 Å². The molecule has 0 radical (unpaired) electrons. The third-order valence-corrected chi connectivity index (χ3v) is 12.7. The zero-order chi connectivity index (χ0) is 31.4. The fourth-order valence-corrected chi connectivity index (χ4v) is 9.43. The van der Waals surface area contributed by atoms with E-state index in [1.807, 2.05) is 13.8 Å². The van der Waals surface area contributed by atoms with Crippen LogP contribution in [0.4, 0.5) is 0 Å². The van der Waals surface area contributed by atoms with Gasteiger partial charge in [-0.25, -0.2) is 0 Å². The Morgan fingerprint density at radius 2 is 1.61 bits per heavy atom. The molecule has 0 unspecified atom stereocenters. The number of carbonyl (C=O) groups is 3. The minimum Gasteiger partial charge on any atom is -0.469 e. The monoisotopic (exact) mass is 571 g/mol. The molecule has 7 atom stereocenters. The fraction of sp³-hybridized carbons (Fsp3) is 0.886. The van der Waals surface area contributed by atoms with Crippen molar-refractivity contribution in [1.29, 1.82) is 5.26 Å². The van der Waals surface area contributed by atoms with E-state index in [9.17, 15) is 19.6 Å². The number of methoxy groups -OCH3 is 1. The average Bonchev–Trinajstić information content (AvgIpc) is 3.64. The van der Waals surface area contributed by atoms with Crippen molar-refractivity contribution >= 4 is 17.5 Å². The molecule has 0 aromatic heterocycles. The number of ether oxygens (including phenoxy) is 2. The Morgan fingerprint density at radius 3 is 2.12 bits per heavy atom. The summed E-state index contributed by atoms with van der Waals surface area (Å²) in [5.41, 5.74) is -3.56. The lowest BCUT2D eigenvalue weighted by atomic mass is 9.37. The highest BCUT2D eigenvalue weighted by molar-refractivity contribution is 5.99. The van der Waals surface area contributed by atoms with Gasteiger partial charge in [-0.3, -0.25) is 9.59 Å². The van der Waals surface area contributed by atoms with Gasteiger partial charge in [0.2, 0.25) is 5.60 Å². The molecule has 0 aromatic rings. The normalized spacial score (nSPS) is 35.9. The Hall–Kier alpha value is -1.74. The number of epoxide rings is 1. The number of rotatable bonds is 12. The van der Waals surface area contributed by atoms with E-state index in [0.29, 0.717) is 12.8 Å². The molecule has 6 nitrogen and oxygen atoms in total. The smallest absolute Gasteiger partial charge is 0.311 e. The van der Waals surface area contributed by atoms with Gasteiger partial charge in [-0.2, -0.15) is 5.26 Å². The number of fused-ring (bicyclic) bond motifs is 3. The molecule has 3 fully saturated rings. The molecule has 3 rings (SSSR count). The maximum absolute atomic E-state index is 13.5. The van der Waals surface area contributed by atoms with Gasteiger partial charge in [0.1, 0.15) is 18.0 Å². The second-order valence-electron chi connectivity index (χ2n) is 16.6. The van der Waals surface area contributed by atoms with Gasteiger partial charge < -0.3 is 14.3 Å². The summed E-state index contributed by atoms with van der Waals surface area (Å²) in [6, 6.07) is 2.25. The molecular weight excluding hydrogens is 514 g/mol. The van der Waals surface area contributed by atoms with Crippen molar-refractivity contribution in [2.24, 2.45) is 44.3 Å². The lowest BCUT2D eigenvalue weighted by Crippen LogP contribution is -2.65. The molecule has 6 heteroatoms. The maximum Gasteiger partial charge on any atom is 0.311 e. The summed E-state index contributed by atoms with van der Waals surface area (Å²) in [6.07, 6.45) is 7.06. The average molecular weight is 572 g/mol. The number of hydrogen-bond donors (Lipinski definition) is 0. The molecule has 1 saturated heterocycles. The van der Waals surface area contributed by atoms with Crippen molar-refractivity contribution in [2.45, 2.75) is 146 Å². The zero-order valence-electron chi connectivity index (χ0n) is 28.1. The number of nitrogens with zero attached hydrogens (tertiary/aromatic N) is 1. The van der Waals surface area contributed by atoms with Gasteiger partial charge in [0, 0.05) is 17.3 Å². The number of carbonyl (C=O) groups excluding carboxylic acids is 3. The number of esters is 1. The van der Waals surface area contributed by atoms with Crippen LogP contribution in [0.5, 0.6) is 0 Å². The lowest BCUT2D eigenvalue weighted by Gasteiger charge is -2.64. The third kappa shape index (κ3) is 5.32. The summed E-state index contributed by atoms with van der Waals surface area (Å²) >= 11 is 0. The van der Waals surface area contributed by atoms with Crippen LogP contribution < -0.4 is 0 Å². The van der Waals surface area contributed by atoms with Crippen molar-refractivity contribution < 1.29 is 23.9 Å². The molecule has 0 amide bonds. The zero-order valence-corrected chi connectivity index (χ0v) is 28.1. The maximum atomic E-state index is 13.5. The first-order valence-corrected chi connectivity index (χ1v) is 15.9.